The lowest BCUT2D eigenvalue weighted by Crippen LogP contribution is -2.24. The Morgan fingerprint density at radius 3 is 2.29 bits per heavy atom. The summed E-state index contributed by atoms with van der Waals surface area (Å²) in [4.78, 5) is 29.0. The first kappa shape index (κ1) is 21.2. The standard InChI is InChI=1S/C25H19N3O6S/c29-23(26-10-14-1-5-19-21(7-14)33-12-31-19)16-3-4-17-18(9-16)27-25(35)28(24(17)30)11-15-2-6-20-22(8-15)34-13-32-20/h1-9H,10-13H2,(H,26,29)(H,27,35). The zero-order valence-corrected chi connectivity index (χ0v) is 19.1. The van der Waals surface area contributed by atoms with Crippen LogP contribution < -0.4 is 29.8 Å². The number of nitrogens with one attached hydrogen (secondary N) is 2. The number of hydrogen-bond acceptors (Lipinski definition) is 7. The van der Waals surface area contributed by atoms with Crippen molar-refractivity contribution in [3.05, 3.63) is 86.4 Å². The van der Waals surface area contributed by atoms with E-state index in [-0.39, 0.29) is 36.4 Å². The summed E-state index contributed by atoms with van der Waals surface area (Å²) in [6, 6.07) is 15.9. The van der Waals surface area contributed by atoms with E-state index in [0.29, 0.717) is 46.0 Å². The molecule has 2 aliphatic heterocycles. The molecular weight excluding hydrogens is 470 g/mol. The molecular formula is C25H19N3O6S. The van der Waals surface area contributed by atoms with Gasteiger partial charge in [0, 0.05) is 12.1 Å². The molecule has 0 unspecified atom stereocenters. The van der Waals surface area contributed by atoms with Gasteiger partial charge in [0.2, 0.25) is 13.6 Å². The number of ether oxygens (including phenoxy) is 4. The van der Waals surface area contributed by atoms with Crippen LogP contribution in [0.25, 0.3) is 10.9 Å². The lowest BCUT2D eigenvalue weighted by molar-refractivity contribution is 0.0951. The Morgan fingerprint density at radius 2 is 1.54 bits per heavy atom. The molecule has 0 saturated carbocycles. The second kappa shape index (κ2) is 8.48. The van der Waals surface area contributed by atoms with Gasteiger partial charge in [0.15, 0.2) is 27.8 Å². The molecule has 0 fully saturated rings. The van der Waals surface area contributed by atoms with Gasteiger partial charge >= 0.3 is 0 Å². The average Bonchev–Trinajstić information content (AvgIpc) is 3.53. The van der Waals surface area contributed by atoms with E-state index >= 15 is 0 Å². The molecule has 0 aliphatic carbocycles. The second-order valence-electron chi connectivity index (χ2n) is 8.14. The number of aromatic nitrogens is 2. The van der Waals surface area contributed by atoms with Gasteiger partial charge in [-0.05, 0) is 65.8 Å². The van der Waals surface area contributed by atoms with Crippen LogP contribution in [-0.2, 0) is 13.1 Å². The first-order valence-electron chi connectivity index (χ1n) is 10.9. The van der Waals surface area contributed by atoms with Gasteiger partial charge in [0.1, 0.15) is 0 Å². The van der Waals surface area contributed by atoms with Crippen molar-refractivity contribution in [3.63, 3.8) is 0 Å². The first-order chi connectivity index (χ1) is 17.0. The fourth-order valence-corrected chi connectivity index (χ4v) is 4.35. The number of hydrogen-bond donors (Lipinski definition) is 2. The molecule has 1 amide bonds. The first-order valence-corrected chi connectivity index (χ1v) is 11.3. The SMILES string of the molecule is O=C(NCc1ccc2c(c1)OCO2)c1ccc2c(=O)n(Cc3ccc4c(c3)OCO4)c(=S)[nH]c2c1. The highest BCUT2D eigenvalue weighted by molar-refractivity contribution is 7.71. The molecule has 0 spiro atoms. The molecule has 3 aromatic carbocycles. The number of carbonyl (C=O) groups excluding carboxylic acids is 1. The lowest BCUT2D eigenvalue weighted by atomic mass is 10.1. The van der Waals surface area contributed by atoms with Crippen LogP contribution in [0.1, 0.15) is 21.5 Å². The Morgan fingerprint density at radius 1 is 0.886 bits per heavy atom. The van der Waals surface area contributed by atoms with E-state index in [1.807, 2.05) is 36.4 Å². The van der Waals surface area contributed by atoms with Gasteiger partial charge in [-0.25, -0.2) is 0 Å². The minimum atomic E-state index is -0.270. The molecule has 3 heterocycles. The van der Waals surface area contributed by atoms with Crippen LogP contribution in [0.5, 0.6) is 23.0 Å². The molecule has 0 saturated heterocycles. The van der Waals surface area contributed by atoms with Gasteiger partial charge in [-0.15, -0.1) is 0 Å². The smallest absolute Gasteiger partial charge is 0.262 e. The molecule has 2 N–H and O–H groups in total. The molecule has 10 heteroatoms. The summed E-state index contributed by atoms with van der Waals surface area (Å²) >= 11 is 5.46. The molecule has 0 bridgehead atoms. The van der Waals surface area contributed by atoms with Gasteiger partial charge < -0.3 is 29.2 Å². The van der Waals surface area contributed by atoms with Crippen molar-refractivity contribution < 1.29 is 23.7 Å². The van der Waals surface area contributed by atoms with E-state index in [4.69, 9.17) is 31.2 Å². The molecule has 0 atom stereocenters. The van der Waals surface area contributed by atoms with Gasteiger partial charge in [0.25, 0.3) is 11.5 Å². The van der Waals surface area contributed by atoms with E-state index in [2.05, 4.69) is 10.3 Å². The zero-order chi connectivity index (χ0) is 23.9. The van der Waals surface area contributed by atoms with E-state index in [1.54, 1.807) is 18.2 Å². The normalized spacial score (nSPS) is 13.3. The Kier molecular flexibility index (Phi) is 5.14. The quantitative estimate of drug-likeness (QED) is 0.414. The third-order valence-corrected chi connectivity index (χ3v) is 6.23. The maximum atomic E-state index is 13.2. The summed E-state index contributed by atoms with van der Waals surface area (Å²) in [5.41, 5.74) is 2.41. The van der Waals surface area contributed by atoms with Crippen LogP contribution in [-0.4, -0.2) is 29.0 Å². The highest BCUT2D eigenvalue weighted by atomic mass is 32.1. The maximum Gasteiger partial charge on any atom is 0.262 e. The predicted molar refractivity (Wildman–Crippen MR) is 129 cm³/mol. The third-order valence-electron chi connectivity index (χ3n) is 5.91. The topological polar surface area (TPSA) is 104 Å². The number of amides is 1. The maximum absolute atomic E-state index is 13.2. The lowest BCUT2D eigenvalue weighted by Gasteiger charge is -2.10. The van der Waals surface area contributed by atoms with Crippen molar-refractivity contribution in [1.82, 2.24) is 14.9 Å². The number of fused-ring (bicyclic) bond motifs is 3. The monoisotopic (exact) mass is 489 g/mol. The Balaban J connectivity index is 1.22. The Bertz CT molecular complexity index is 1610. The Hall–Kier alpha value is -4.31. The van der Waals surface area contributed by atoms with Gasteiger partial charge in [-0.3, -0.25) is 14.2 Å². The summed E-state index contributed by atoms with van der Waals surface area (Å²) in [6.45, 7) is 0.975. The molecule has 176 valence electrons. The molecule has 35 heavy (non-hydrogen) atoms. The van der Waals surface area contributed by atoms with Crippen LogP contribution >= 0.6 is 12.2 Å². The molecule has 6 rings (SSSR count). The summed E-state index contributed by atoms with van der Waals surface area (Å²) in [5.74, 6) is 2.39. The number of H-pyrrole nitrogens is 1. The van der Waals surface area contributed by atoms with Crippen molar-refractivity contribution in [1.29, 1.82) is 0 Å². The van der Waals surface area contributed by atoms with Crippen molar-refractivity contribution in [2.24, 2.45) is 0 Å². The van der Waals surface area contributed by atoms with Crippen LogP contribution in [0, 0.1) is 4.77 Å². The van der Waals surface area contributed by atoms with E-state index in [9.17, 15) is 9.59 Å². The van der Waals surface area contributed by atoms with Crippen molar-refractivity contribution in [2.75, 3.05) is 13.6 Å². The van der Waals surface area contributed by atoms with Crippen LogP contribution in [0.15, 0.2) is 59.4 Å². The summed E-state index contributed by atoms with van der Waals surface area (Å²) in [5, 5.41) is 3.32. The van der Waals surface area contributed by atoms with Gasteiger partial charge in [-0.2, -0.15) is 0 Å². The van der Waals surface area contributed by atoms with Crippen molar-refractivity contribution in [3.8, 4) is 23.0 Å². The minimum absolute atomic E-state index is 0.182. The third kappa shape index (κ3) is 3.97. The molecule has 0 radical (unpaired) electrons. The zero-order valence-electron chi connectivity index (χ0n) is 18.3. The highest BCUT2D eigenvalue weighted by Gasteiger charge is 2.16. The average molecular weight is 490 g/mol. The largest absolute Gasteiger partial charge is 0.454 e. The molecule has 9 nitrogen and oxygen atoms in total. The fraction of sp³-hybridized carbons (Fsp3) is 0.160. The van der Waals surface area contributed by atoms with E-state index in [0.717, 1.165) is 11.1 Å². The number of carbonyl (C=O) groups is 1. The number of rotatable bonds is 5. The fourth-order valence-electron chi connectivity index (χ4n) is 4.10. The minimum Gasteiger partial charge on any atom is -0.454 e. The van der Waals surface area contributed by atoms with Crippen LogP contribution in [0.4, 0.5) is 0 Å². The highest BCUT2D eigenvalue weighted by Crippen LogP contribution is 2.33. The number of aromatic amines is 1. The predicted octanol–water partition coefficient (Wildman–Crippen LogP) is 3.49. The Labute approximate surface area is 203 Å². The number of benzene rings is 3. The van der Waals surface area contributed by atoms with Crippen LogP contribution in [0.3, 0.4) is 0 Å². The summed E-state index contributed by atoms with van der Waals surface area (Å²) in [6.07, 6.45) is 0. The van der Waals surface area contributed by atoms with Crippen molar-refractivity contribution in [2.45, 2.75) is 13.1 Å². The molecule has 2 aliphatic rings. The van der Waals surface area contributed by atoms with Crippen LogP contribution in [0.2, 0.25) is 0 Å². The van der Waals surface area contributed by atoms with Gasteiger partial charge in [-0.1, -0.05) is 12.1 Å². The molecule has 4 aromatic rings. The summed E-state index contributed by atoms with van der Waals surface area (Å²) in [7, 11) is 0. The second-order valence-corrected chi connectivity index (χ2v) is 8.53. The van der Waals surface area contributed by atoms with E-state index in [1.165, 1.54) is 4.57 Å². The number of nitrogens with zero attached hydrogens (tertiary/aromatic N) is 1. The van der Waals surface area contributed by atoms with Crippen molar-refractivity contribution >= 4 is 29.0 Å². The van der Waals surface area contributed by atoms with Gasteiger partial charge in [0.05, 0.1) is 17.4 Å². The van der Waals surface area contributed by atoms with E-state index < -0.39 is 0 Å². The summed E-state index contributed by atoms with van der Waals surface area (Å²) < 4.78 is 23.2. The molecule has 1 aromatic heterocycles.